The van der Waals surface area contributed by atoms with Crippen LogP contribution >= 0.6 is 0 Å². The summed E-state index contributed by atoms with van der Waals surface area (Å²) in [6, 6.07) is -0.199. The minimum absolute atomic E-state index is 0.181. The first-order valence-electron chi connectivity index (χ1n) is 6.59. The summed E-state index contributed by atoms with van der Waals surface area (Å²) in [7, 11) is -1.86. The SMILES string of the molecule is COC(=O)CC1CCCCN1S(=O)(=O)CC1CC1. The molecule has 0 aromatic carbocycles. The van der Waals surface area contributed by atoms with E-state index in [-0.39, 0.29) is 24.2 Å². The Kier molecular flexibility index (Phi) is 4.27. The Balaban J connectivity index is 2.03. The van der Waals surface area contributed by atoms with Crippen LogP contribution in [-0.4, -0.2) is 44.1 Å². The second kappa shape index (κ2) is 5.57. The third-order valence-electron chi connectivity index (χ3n) is 3.70. The van der Waals surface area contributed by atoms with Crippen molar-refractivity contribution in [3.63, 3.8) is 0 Å². The molecule has 6 heteroatoms. The molecule has 0 amide bonds. The zero-order chi connectivity index (χ0) is 13.2. The van der Waals surface area contributed by atoms with Gasteiger partial charge >= 0.3 is 5.97 Å². The van der Waals surface area contributed by atoms with Crippen LogP contribution in [0.15, 0.2) is 0 Å². The lowest BCUT2D eigenvalue weighted by Crippen LogP contribution is -2.46. The first kappa shape index (κ1) is 13.8. The van der Waals surface area contributed by atoms with Crippen molar-refractivity contribution in [3.05, 3.63) is 0 Å². The van der Waals surface area contributed by atoms with Crippen molar-refractivity contribution in [2.75, 3.05) is 19.4 Å². The van der Waals surface area contributed by atoms with Crippen molar-refractivity contribution in [2.45, 2.75) is 44.6 Å². The van der Waals surface area contributed by atoms with Gasteiger partial charge in [-0.3, -0.25) is 4.79 Å². The van der Waals surface area contributed by atoms with Crippen molar-refractivity contribution in [1.82, 2.24) is 4.31 Å². The number of hydrogen-bond acceptors (Lipinski definition) is 4. The smallest absolute Gasteiger partial charge is 0.307 e. The van der Waals surface area contributed by atoms with Crippen LogP contribution in [0.4, 0.5) is 0 Å². The van der Waals surface area contributed by atoms with Gasteiger partial charge in [0.2, 0.25) is 10.0 Å². The van der Waals surface area contributed by atoms with Crippen molar-refractivity contribution in [1.29, 1.82) is 0 Å². The van der Waals surface area contributed by atoms with Gasteiger partial charge in [-0.25, -0.2) is 8.42 Å². The van der Waals surface area contributed by atoms with Crippen LogP contribution in [-0.2, 0) is 19.6 Å². The molecule has 0 spiro atoms. The quantitative estimate of drug-likeness (QED) is 0.706. The molecule has 2 aliphatic rings. The van der Waals surface area contributed by atoms with Crippen LogP contribution in [0.25, 0.3) is 0 Å². The van der Waals surface area contributed by atoms with E-state index in [1.165, 1.54) is 7.11 Å². The highest BCUT2D eigenvalue weighted by Gasteiger charge is 2.37. The van der Waals surface area contributed by atoms with Gasteiger partial charge in [0, 0.05) is 12.6 Å². The highest BCUT2D eigenvalue weighted by Crippen LogP contribution is 2.33. The predicted octanol–water partition coefficient (Wildman–Crippen LogP) is 1.14. The van der Waals surface area contributed by atoms with Crippen molar-refractivity contribution in [2.24, 2.45) is 5.92 Å². The molecular weight excluding hydrogens is 254 g/mol. The predicted molar refractivity (Wildman–Crippen MR) is 67.5 cm³/mol. The summed E-state index contributed by atoms with van der Waals surface area (Å²) in [5.41, 5.74) is 0. The van der Waals surface area contributed by atoms with Gasteiger partial charge in [-0.1, -0.05) is 6.42 Å². The molecule has 0 bridgehead atoms. The van der Waals surface area contributed by atoms with E-state index in [4.69, 9.17) is 0 Å². The molecule has 1 aliphatic carbocycles. The molecule has 18 heavy (non-hydrogen) atoms. The minimum Gasteiger partial charge on any atom is -0.469 e. The maximum absolute atomic E-state index is 12.3. The Labute approximate surface area is 109 Å². The van der Waals surface area contributed by atoms with Gasteiger partial charge in [0.05, 0.1) is 19.3 Å². The van der Waals surface area contributed by atoms with Crippen molar-refractivity contribution < 1.29 is 17.9 Å². The van der Waals surface area contributed by atoms with Gasteiger partial charge in [0.15, 0.2) is 0 Å². The number of sulfonamides is 1. The second-order valence-electron chi connectivity index (χ2n) is 5.26. The number of esters is 1. The summed E-state index contributed by atoms with van der Waals surface area (Å²) in [4.78, 5) is 11.3. The Hall–Kier alpha value is -0.620. The zero-order valence-electron chi connectivity index (χ0n) is 10.8. The Morgan fingerprint density at radius 1 is 1.28 bits per heavy atom. The summed E-state index contributed by atoms with van der Waals surface area (Å²) in [6.45, 7) is 0.552. The normalized spacial score (nSPS) is 25.9. The van der Waals surface area contributed by atoms with Crippen LogP contribution in [0, 0.1) is 5.92 Å². The lowest BCUT2D eigenvalue weighted by Gasteiger charge is -2.34. The minimum atomic E-state index is -3.20. The van der Waals surface area contributed by atoms with Gasteiger partial charge in [0.1, 0.15) is 0 Å². The molecule has 0 aromatic rings. The van der Waals surface area contributed by atoms with E-state index in [1.807, 2.05) is 0 Å². The maximum atomic E-state index is 12.3. The summed E-state index contributed by atoms with van der Waals surface area (Å²) in [5, 5.41) is 0. The average molecular weight is 275 g/mol. The van der Waals surface area contributed by atoms with Crippen molar-refractivity contribution in [3.8, 4) is 0 Å². The van der Waals surface area contributed by atoms with Gasteiger partial charge in [-0.05, 0) is 31.6 Å². The van der Waals surface area contributed by atoms with E-state index in [1.54, 1.807) is 4.31 Å². The molecule has 0 radical (unpaired) electrons. The monoisotopic (exact) mass is 275 g/mol. The molecule has 5 nitrogen and oxygen atoms in total. The second-order valence-corrected chi connectivity index (χ2v) is 7.23. The van der Waals surface area contributed by atoms with Gasteiger partial charge in [-0.2, -0.15) is 4.31 Å². The molecule has 1 saturated heterocycles. The van der Waals surface area contributed by atoms with Crippen LogP contribution in [0.1, 0.15) is 38.5 Å². The third kappa shape index (κ3) is 3.45. The summed E-state index contributed by atoms with van der Waals surface area (Å²) in [5.74, 6) is 0.272. The van der Waals surface area contributed by atoms with Crippen LogP contribution in [0.2, 0.25) is 0 Å². The number of rotatable bonds is 5. The molecule has 1 unspecified atom stereocenters. The number of carbonyl (C=O) groups is 1. The van der Waals surface area contributed by atoms with Crippen LogP contribution in [0.5, 0.6) is 0 Å². The first-order chi connectivity index (χ1) is 8.53. The fourth-order valence-corrected chi connectivity index (χ4v) is 4.66. The van der Waals surface area contributed by atoms with E-state index in [0.29, 0.717) is 12.5 Å². The van der Waals surface area contributed by atoms with E-state index in [9.17, 15) is 13.2 Å². The molecular formula is C12H21NO4S. The first-order valence-corrected chi connectivity index (χ1v) is 8.20. The van der Waals surface area contributed by atoms with Gasteiger partial charge in [0.25, 0.3) is 0 Å². The number of piperidine rings is 1. The van der Waals surface area contributed by atoms with Crippen LogP contribution < -0.4 is 0 Å². The van der Waals surface area contributed by atoms with Crippen LogP contribution in [0.3, 0.4) is 0 Å². The molecule has 1 aliphatic heterocycles. The summed E-state index contributed by atoms with van der Waals surface area (Å²) in [6.07, 6.45) is 4.86. The summed E-state index contributed by atoms with van der Waals surface area (Å²) < 4.78 is 30.8. The number of methoxy groups -OCH3 is 1. The average Bonchev–Trinajstić information content (AvgIpc) is 3.12. The fraction of sp³-hybridized carbons (Fsp3) is 0.917. The van der Waals surface area contributed by atoms with Gasteiger partial charge in [-0.15, -0.1) is 0 Å². The Morgan fingerprint density at radius 2 is 2.00 bits per heavy atom. The number of nitrogens with zero attached hydrogens (tertiary/aromatic N) is 1. The third-order valence-corrected chi connectivity index (χ3v) is 5.79. The standard InChI is InChI=1S/C12H21NO4S/c1-17-12(14)8-11-4-2-3-7-13(11)18(15,16)9-10-5-6-10/h10-11H,2-9H2,1H3. The van der Waals surface area contributed by atoms with E-state index >= 15 is 0 Å². The highest BCUT2D eigenvalue weighted by molar-refractivity contribution is 7.89. The Bertz CT molecular complexity index is 402. The fourth-order valence-electron chi connectivity index (χ4n) is 2.50. The molecule has 1 heterocycles. The highest BCUT2D eigenvalue weighted by atomic mass is 32.2. The molecule has 104 valence electrons. The molecule has 1 atom stereocenters. The van der Waals surface area contributed by atoms with E-state index in [2.05, 4.69) is 4.74 Å². The molecule has 1 saturated carbocycles. The van der Waals surface area contributed by atoms with Gasteiger partial charge < -0.3 is 4.74 Å². The topological polar surface area (TPSA) is 63.7 Å². The lowest BCUT2D eigenvalue weighted by molar-refractivity contribution is -0.141. The summed E-state index contributed by atoms with van der Waals surface area (Å²) >= 11 is 0. The zero-order valence-corrected chi connectivity index (χ0v) is 11.6. The molecule has 2 rings (SSSR count). The van der Waals surface area contributed by atoms with E-state index in [0.717, 1.165) is 32.1 Å². The number of hydrogen-bond donors (Lipinski definition) is 0. The molecule has 2 fully saturated rings. The number of ether oxygens (including phenoxy) is 1. The Morgan fingerprint density at radius 3 is 2.61 bits per heavy atom. The maximum Gasteiger partial charge on any atom is 0.307 e. The lowest BCUT2D eigenvalue weighted by atomic mass is 10.0. The molecule has 0 N–H and O–H groups in total. The number of carbonyl (C=O) groups excluding carboxylic acids is 1. The van der Waals surface area contributed by atoms with E-state index < -0.39 is 10.0 Å². The van der Waals surface area contributed by atoms with Crippen molar-refractivity contribution >= 4 is 16.0 Å². The molecule has 0 aromatic heterocycles. The largest absolute Gasteiger partial charge is 0.469 e.